The van der Waals surface area contributed by atoms with Crippen molar-refractivity contribution in [3.05, 3.63) is 53.0 Å². The van der Waals surface area contributed by atoms with E-state index in [2.05, 4.69) is 16.2 Å². The molecular formula is C17H13N3O3S. The highest BCUT2D eigenvalue weighted by molar-refractivity contribution is 7.98. The number of ketones is 1. The molecule has 0 saturated heterocycles. The zero-order chi connectivity index (χ0) is 17.1. The fraction of sp³-hybridized carbons (Fsp3) is 0.176. The third-order valence-corrected chi connectivity index (χ3v) is 4.38. The average Bonchev–Trinajstić information content (AvgIpc) is 3.23. The Bertz CT molecular complexity index is 923. The summed E-state index contributed by atoms with van der Waals surface area (Å²) in [7, 11) is 0. The minimum atomic E-state index is -0.104. The van der Waals surface area contributed by atoms with Crippen LogP contribution in [0.15, 0.2) is 44.5 Å². The Hall–Kier alpha value is -2.85. The van der Waals surface area contributed by atoms with Gasteiger partial charge in [-0.3, -0.25) is 4.79 Å². The van der Waals surface area contributed by atoms with Crippen molar-refractivity contribution in [1.82, 2.24) is 10.1 Å². The lowest BCUT2D eigenvalue weighted by atomic mass is 10.1. The third-order valence-electron chi connectivity index (χ3n) is 3.36. The Morgan fingerprint density at radius 1 is 1.38 bits per heavy atom. The number of pyridine rings is 1. The zero-order valence-corrected chi connectivity index (χ0v) is 13.9. The maximum atomic E-state index is 11.6. The second kappa shape index (κ2) is 6.72. The lowest BCUT2D eigenvalue weighted by Crippen LogP contribution is -2.02. The molecule has 0 bridgehead atoms. The van der Waals surface area contributed by atoms with E-state index in [1.165, 1.54) is 18.7 Å². The first-order valence-electron chi connectivity index (χ1n) is 7.13. The van der Waals surface area contributed by atoms with Crippen molar-refractivity contribution in [3.63, 3.8) is 0 Å². The number of rotatable bonds is 5. The van der Waals surface area contributed by atoms with Crippen LogP contribution in [0.2, 0.25) is 0 Å². The second-order valence-electron chi connectivity index (χ2n) is 5.09. The highest BCUT2D eigenvalue weighted by Gasteiger charge is 2.14. The molecule has 0 aliphatic heterocycles. The van der Waals surface area contributed by atoms with Crippen LogP contribution in [0.3, 0.4) is 0 Å². The Morgan fingerprint density at radius 2 is 2.21 bits per heavy atom. The first kappa shape index (κ1) is 16.0. The fourth-order valence-electron chi connectivity index (χ4n) is 2.19. The van der Waals surface area contributed by atoms with E-state index in [0.29, 0.717) is 44.8 Å². The molecule has 6 nitrogen and oxygen atoms in total. The number of furan rings is 1. The highest BCUT2D eigenvalue weighted by Crippen LogP contribution is 2.28. The molecule has 120 valence electrons. The maximum Gasteiger partial charge on any atom is 0.202 e. The highest BCUT2D eigenvalue weighted by atomic mass is 32.2. The molecule has 0 spiro atoms. The number of carbonyl (C=O) groups is 1. The number of aromatic nitrogens is 2. The molecular weight excluding hydrogens is 326 g/mol. The van der Waals surface area contributed by atoms with Gasteiger partial charge in [-0.2, -0.15) is 5.26 Å². The van der Waals surface area contributed by atoms with Crippen LogP contribution in [0.25, 0.3) is 11.5 Å². The minimum absolute atomic E-state index is 0.104. The molecule has 0 aliphatic rings. The number of hydrogen-bond donors (Lipinski definition) is 0. The summed E-state index contributed by atoms with van der Waals surface area (Å²) in [6.07, 6.45) is 1.56. The Labute approximate surface area is 142 Å². The van der Waals surface area contributed by atoms with Crippen LogP contribution in [0.5, 0.6) is 0 Å². The molecule has 0 amide bonds. The quantitative estimate of drug-likeness (QED) is 0.512. The fourth-order valence-corrected chi connectivity index (χ4v) is 3.07. The summed E-state index contributed by atoms with van der Waals surface area (Å²) in [5, 5.41) is 13.8. The molecule has 7 heteroatoms. The van der Waals surface area contributed by atoms with Gasteiger partial charge in [0.1, 0.15) is 11.1 Å². The van der Waals surface area contributed by atoms with Crippen molar-refractivity contribution < 1.29 is 13.7 Å². The predicted octanol–water partition coefficient (Wildman–Crippen LogP) is 4.00. The van der Waals surface area contributed by atoms with Crippen LogP contribution in [-0.2, 0) is 5.75 Å². The van der Waals surface area contributed by atoms with E-state index in [9.17, 15) is 10.1 Å². The molecule has 3 aromatic heterocycles. The number of nitrogens with zero attached hydrogens (tertiary/aromatic N) is 3. The summed E-state index contributed by atoms with van der Waals surface area (Å²) in [6.45, 7) is 3.22. The normalized spacial score (nSPS) is 10.5. The number of nitriles is 1. The van der Waals surface area contributed by atoms with Gasteiger partial charge in [-0.1, -0.05) is 16.9 Å². The van der Waals surface area contributed by atoms with E-state index in [0.717, 1.165) is 0 Å². The lowest BCUT2D eigenvalue weighted by Gasteiger charge is -2.06. The van der Waals surface area contributed by atoms with Crippen molar-refractivity contribution in [1.29, 1.82) is 5.26 Å². The molecule has 0 aliphatic carbocycles. The van der Waals surface area contributed by atoms with Gasteiger partial charge in [-0.25, -0.2) is 4.98 Å². The van der Waals surface area contributed by atoms with Crippen LogP contribution < -0.4 is 0 Å². The molecule has 3 heterocycles. The smallest absolute Gasteiger partial charge is 0.202 e. The number of carbonyl (C=O) groups excluding carboxylic acids is 1. The molecule has 3 rings (SSSR count). The number of hydrogen-bond acceptors (Lipinski definition) is 7. The summed E-state index contributed by atoms with van der Waals surface area (Å²) < 4.78 is 10.5. The van der Waals surface area contributed by atoms with Crippen LogP contribution >= 0.6 is 11.8 Å². The van der Waals surface area contributed by atoms with Crippen molar-refractivity contribution in [3.8, 4) is 17.6 Å². The van der Waals surface area contributed by atoms with Crippen molar-refractivity contribution >= 4 is 17.5 Å². The van der Waals surface area contributed by atoms with Gasteiger partial charge in [-0.05, 0) is 32.0 Å². The summed E-state index contributed by atoms with van der Waals surface area (Å²) in [5.41, 5.74) is 2.17. The molecule has 24 heavy (non-hydrogen) atoms. The maximum absolute atomic E-state index is 11.6. The first-order chi connectivity index (χ1) is 11.6. The second-order valence-corrected chi connectivity index (χ2v) is 6.05. The van der Waals surface area contributed by atoms with Crippen molar-refractivity contribution in [2.75, 3.05) is 0 Å². The average molecular weight is 339 g/mol. The van der Waals surface area contributed by atoms with E-state index in [1.54, 1.807) is 37.5 Å². The monoisotopic (exact) mass is 339 g/mol. The van der Waals surface area contributed by atoms with E-state index < -0.39 is 0 Å². The van der Waals surface area contributed by atoms with Crippen molar-refractivity contribution in [2.45, 2.75) is 24.6 Å². The molecule has 0 aromatic carbocycles. The van der Waals surface area contributed by atoms with E-state index in [-0.39, 0.29) is 5.78 Å². The number of aryl methyl sites for hydroxylation is 1. The Kier molecular flexibility index (Phi) is 4.49. The first-order valence-corrected chi connectivity index (χ1v) is 8.12. The van der Waals surface area contributed by atoms with Crippen LogP contribution in [-0.4, -0.2) is 15.9 Å². The van der Waals surface area contributed by atoms with Crippen LogP contribution in [0.4, 0.5) is 0 Å². The van der Waals surface area contributed by atoms with E-state index in [1.807, 2.05) is 0 Å². The molecule has 0 fully saturated rings. The van der Waals surface area contributed by atoms with Crippen molar-refractivity contribution in [2.24, 2.45) is 0 Å². The summed E-state index contributed by atoms with van der Waals surface area (Å²) in [6, 6.07) is 9.02. The van der Waals surface area contributed by atoms with E-state index in [4.69, 9.17) is 8.94 Å². The van der Waals surface area contributed by atoms with Crippen LogP contribution in [0.1, 0.15) is 34.2 Å². The number of thioether (sulfide) groups is 1. The summed E-state index contributed by atoms with van der Waals surface area (Å²) in [5.74, 6) is 1.54. The van der Waals surface area contributed by atoms with Gasteiger partial charge >= 0.3 is 0 Å². The number of Topliss-reactive ketones (excluding diaryl/α,β-unsaturated/α-hetero) is 1. The van der Waals surface area contributed by atoms with Gasteiger partial charge in [0.05, 0.1) is 17.5 Å². The minimum Gasteiger partial charge on any atom is -0.461 e. The zero-order valence-electron chi connectivity index (χ0n) is 13.1. The van der Waals surface area contributed by atoms with Gasteiger partial charge < -0.3 is 8.94 Å². The van der Waals surface area contributed by atoms with E-state index >= 15 is 0 Å². The van der Waals surface area contributed by atoms with Gasteiger partial charge in [-0.15, -0.1) is 0 Å². The SMILES string of the molecule is CC(=O)c1cc(C#N)c(SCc2cc(-c3ccco3)on2)nc1C. The standard InChI is InChI=1S/C17H13N3O3S/c1-10-14(11(2)21)6-12(8-18)17(19-10)24-9-13-7-16(23-20-13)15-4-3-5-22-15/h3-7H,9H2,1-2H3. The van der Waals surface area contributed by atoms with Gasteiger partial charge in [0, 0.05) is 23.1 Å². The molecule has 0 atom stereocenters. The predicted molar refractivity (Wildman–Crippen MR) is 87.5 cm³/mol. The Balaban J connectivity index is 1.79. The summed E-state index contributed by atoms with van der Waals surface area (Å²) >= 11 is 1.37. The van der Waals surface area contributed by atoms with Crippen LogP contribution in [0, 0.1) is 18.3 Å². The molecule has 3 aromatic rings. The largest absolute Gasteiger partial charge is 0.461 e. The third kappa shape index (κ3) is 3.24. The molecule has 0 unspecified atom stereocenters. The molecule has 0 N–H and O–H groups in total. The van der Waals surface area contributed by atoms with Gasteiger partial charge in [0.15, 0.2) is 11.5 Å². The van der Waals surface area contributed by atoms with Gasteiger partial charge in [0.25, 0.3) is 0 Å². The Morgan fingerprint density at radius 3 is 2.88 bits per heavy atom. The topological polar surface area (TPSA) is 92.9 Å². The molecule has 0 saturated carbocycles. The molecule has 0 radical (unpaired) electrons. The van der Waals surface area contributed by atoms with Gasteiger partial charge in [0.2, 0.25) is 5.76 Å². The summed E-state index contributed by atoms with van der Waals surface area (Å²) in [4.78, 5) is 15.9. The lowest BCUT2D eigenvalue weighted by molar-refractivity contribution is 0.101.